The SMILES string of the molecule is CC(O)CO.O=C(O)COCC(=O)O. The third-order valence-electron chi connectivity index (χ3n) is 0.715. The van der Waals surface area contributed by atoms with Crippen LogP contribution in [0.1, 0.15) is 6.92 Å². The van der Waals surface area contributed by atoms with E-state index in [2.05, 4.69) is 4.74 Å². The molecule has 0 aliphatic heterocycles. The molecular weight excluding hydrogens is 196 g/mol. The summed E-state index contributed by atoms with van der Waals surface area (Å²) in [5.41, 5.74) is 0. The summed E-state index contributed by atoms with van der Waals surface area (Å²) in [7, 11) is 0. The van der Waals surface area contributed by atoms with E-state index in [0.29, 0.717) is 0 Å². The molecule has 0 rings (SSSR count). The topological polar surface area (TPSA) is 124 Å². The molecule has 0 aromatic carbocycles. The van der Waals surface area contributed by atoms with Crippen molar-refractivity contribution in [2.75, 3.05) is 19.8 Å². The molecule has 1 unspecified atom stereocenters. The van der Waals surface area contributed by atoms with Crippen molar-refractivity contribution >= 4 is 11.9 Å². The van der Waals surface area contributed by atoms with Gasteiger partial charge >= 0.3 is 11.9 Å². The number of carboxylic acids is 2. The van der Waals surface area contributed by atoms with Gasteiger partial charge in [0.15, 0.2) is 0 Å². The molecule has 14 heavy (non-hydrogen) atoms. The summed E-state index contributed by atoms with van der Waals surface area (Å²) in [5.74, 6) is -2.34. The van der Waals surface area contributed by atoms with Crippen molar-refractivity contribution in [2.24, 2.45) is 0 Å². The van der Waals surface area contributed by atoms with Gasteiger partial charge in [0.2, 0.25) is 0 Å². The fourth-order valence-electron chi connectivity index (χ4n) is 0.226. The molecule has 0 aliphatic carbocycles. The van der Waals surface area contributed by atoms with E-state index in [1.54, 1.807) is 0 Å². The predicted octanol–water partition coefficient (Wildman–Crippen LogP) is -1.47. The average molecular weight is 210 g/mol. The van der Waals surface area contributed by atoms with Crippen LogP contribution in [0, 0.1) is 0 Å². The zero-order valence-electron chi connectivity index (χ0n) is 7.71. The fraction of sp³-hybridized carbons (Fsp3) is 0.714. The smallest absolute Gasteiger partial charge is 0.329 e. The Bertz CT molecular complexity index is 151. The lowest BCUT2D eigenvalue weighted by Gasteiger charge is -1.92. The monoisotopic (exact) mass is 210 g/mol. The van der Waals surface area contributed by atoms with Crippen LogP contribution in [0.15, 0.2) is 0 Å². The van der Waals surface area contributed by atoms with E-state index < -0.39 is 31.3 Å². The van der Waals surface area contributed by atoms with Crippen molar-refractivity contribution in [1.82, 2.24) is 0 Å². The molecule has 0 aromatic rings. The second-order valence-corrected chi connectivity index (χ2v) is 2.31. The molecule has 0 amide bonds. The molecule has 0 bridgehead atoms. The molecule has 0 heterocycles. The van der Waals surface area contributed by atoms with E-state index in [0.717, 1.165) is 0 Å². The van der Waals surface area contributed by atoms with Crippen LogP contribution in [0.3, 0.4) is 0 Å². The minimum absolute atomic E-state index is 0.139. The van der Waals surface area contributed by atoms with Crippen LogP contribution in [0.5, 0.6) is 0 Å². The van der Waals surface area contributed by atoms with Crippen molar-refractivity contribution in [3.63, 3.8) is 0 Å². The van der Waals surface area contributed by atoms with Crippen LogP contribution in [0.25, 0.3) is 0 Å². The quantitative estimate of drug-likeness (QED) is 0.436. The molecule has 7 nitrogen and oxygen atoms in total. The van der Waals surface area contributed by atoms with E-state index >= 15 is 0 Å². The van der Waals surface area contributed by atoms with E-state index in [1.807, 2.05) is 0 Å². The normalized spacial score (nSPS) is 11.1. The lowest BCUT2D eigenvalue weighted by molar-refractivity contribution is -0.148. The summed E-state index contributed by atoms with van der Waals surface area (Å²) >= 11 is 0. The molecule has 1 atom stereocenters. The Balaban J connectivity index is 0. The Morgan fingerprint density at radius 2 is 1.50 bits per heavy atom. The van der Waals surface area contributed by atoms with Crippen molar-refractivity contribution in [3.05, 3.63) is 0 Å². The maximum Gasteiger partial charge on any atom is 0.329 e. The van der Waals surface area contributed by atoms with Gasteiger partial charge in [0.05, 0.1) is 12.7 Å². The number of aliphatic hydroxyl groups excluding tert-OH is 2. The Morgan fingerprint density at radius 3 is 1.64 bits per heavy atom. The minimum atomic E-state index is -1.17. The zero-order valence-corrected chi connectivity index (χ0v) is 7.71. The maximum atomic E-state index is 9.66. The highest BCUT2D eigenvalue weighted by Crippen LogP contribution is 1.73. The van der Waals surface area contributed by atoms with Gasteiger partial charge in [0, 0.05) is 0 Å². The van der Waals surface area contributed by atoms with Gasteiger partial charge in [0.25, 0.3) is 0 Å². The van der Waals surface area contributed by atoms with E-state index in [1.165, 1.54) is 6.92 Å². The lowest BCUT2D eigenvalue weighted by atomic mass is 10.5. The first-order valence-corrected chi connectivity index (χ1v) is 3.70. The number of hydrogen-bond acceptors (Lipinski definition) is 5. The standard InChI is InChI=1S/C4H6O5.C3H8O2/c5-3(6)1-9-2-4(7)8;1-3(5)2-4/h1-2H2,(H,5,6)(H,7,8);3-5H,2H2,1H3. The van der Waals surface area contributed by atoms with Crippen molar-refractivity contribution in [3.8, 4) is 0 Å². The first-order valence-electron chi connectivity index (χ1n) is 3.70. The molecule has 0 saturated carbocycles. The first kappa shape index (κ1) is 15.3. The van der Waals surface area contributed by atoms with Crippen molar-refractivity contribution in [1.29, 1.82) is 0 Å². The van der Waals surface area contributed by atoms with Crippen LogP contribution in [0.2, 0.25) is 0 Å². The van der Waals surface area contributed by atoms with Gasteiger partial charge in [-0.15, -0.1) is 0 Å². The Hall–Kier alpha value is -1.18. The third-order valence-corrected chi connectivity index (χ3v) is 0.715. The van der Waals surface area contributed by atoms with E-state index in [9.17, 15) is 9.59 Å². The minimum Gasteiger partial charge on any atom is -0.480 e. The van der Waals surface area contributed by atoms with Gasteiger partial charge in [-0.1, -0.05) is 0 Å². The number of ether oxygens (including phenoxy) is 1. The second kappa shape index (κ2) is 9.90. The highest BCUT2D eigenvalue weighted by atomic mass is 16.5. The number of hydrogen-bond donors (Lipinski definition) is 4. The number of aliphatic carboxylic acids is 2. The largest absolute Gasteiger partial charge is 0.480 e. The predicted molar refractivity (Wildman–Crippen MR) is 44.9 cm³/mol. The van der Waals surface area contributed by atoms with Crippen molar-refractivity contribution < 1.29 is 34.8 Å². The third kappa shape index (κ3) is 22.4. The Kier molecular flexibility index (Phi) is 10.8. The number of carboxylic acid groups (broad SMARTS) is 2. The zero-order chi connectivity index (χ0) is 11.6. The summed E-state index contributed by atoms with van der Waals surface area (Å²) in [6, 6.07) is 0. The van der Waals surface area contributed by atoms with Gasteiger partial charge in [0.1, 0.15) is 13.2 Å². The summed E-state index contributed by atoms with van der Waals surface area (Å²) in [4.78, 5) is 19.3. The molecule has 0 radical (unpaired) electrons. The van der Waals surface area contributed by atoms with E-state index in [-0.39, 0.29) is 6.61 Å². The summed E-state index contributed by atoms with van der Waals surface area (Å²) in [5, 5.41) is 31.8. The molecule has 7 heteroatoms. The fourth-order valence-corrected chi connectivity index (χ4v) is 0.226. The van der Waals surface area contributed by atoms with Crippen LogP contribution < -0.4 is 0 Å². The van der Waals surface area contributed by atoms with Gasteiger partial charge in [-0.25, -0.2) is 9.59 Å². The van der Waals surface area contributed by atoms with Crippen LogP contribution in [0.4, 0.5) is 0 Å². The molecular formula is C7H14O7. The van der Waals surface area contributed by atoms with Crippen LogP contribution in [-0.4, -0.2) is 58.3 Å². The highest BCUT2D eigenvalue weighted by molar-refractivity contribution is 5.70. The molecule has 0 saturated heterocycles. The molecule has 0 aromatic heterocycles. The van der Waals surface area contributed by atoms with Crippen LogP contribution in [-0.2, 0) is 14.3 Å². The average Bonchev–Trinajstić information content (AvgIpc) is 2.04. The second-order valence-electron chi connectivity index (χ2n) is 2.31. The van der Waals surface area contributed by atoms with Gasteiger partial charge < -0.3 is 25.2 Å². The van der Waals surface area contributed by atoms with E-state index in [4.69, 9.17) is 20.4 Å². The molecule has 4 N–H and O–H groups in total. The van der Waals surface area contributed by atoms with Gasteiger partial charge in [-0.2, -0.15) is 0 Å². The molecule has 0 fully saturated rings. The highest BCUT2D eigenvalue weighted by Gasteiger charge is 1.98. The summed E-state index contributed by atoms with van der Waals surface area (Å²) < 4.78 is 4.16. The number of aliphatic hydroxyl groups is 2. The van der Waals surface area contributed by atoms with Gasteiger partial charge in [-0.3, -0.25) is 0 Å². The van der Waals surface area contributed by atoms with Crippen molar-refractivity contribution in [2.45, 2.75) is 13.0 Å². The summed E-state index contributed by atoms with van der Waals surface area (Å²) in [6.45, 7) is 0.262. The van der Waals surface area contributed by atoms with Crippen LogP contribution >= 0.6 is 0 Å². The number of carbonyl (C=O) groups is 2. The van der Waals surface area contributed by atoms with Gasteiger partial charge in [-0.05, 0) is 6.92 Å². The molecule has 0 aliphatic rings. The molecule has 0 spiro atoms. The molecule has 84 valence electrons. The summed E-state index contributed by atoms with van der Waals surface area (Å²) in [6.07, 6.45) is -0.560. The lowest BCUT2D eigenvalue weighted by Crippen LogP contribution is -2.13. The Morgan fingerprint density at radius 1 is 1.21 bits per heavy atom. The Labute approximate surface area is 80.5 Å². The maximum absolute atomic E-state index is 9.66. The first-order chi connectivity index (χ1) is 6.40. The number of rotatable bonds is 5.